The number of thioether (sulfide) groups is 1. The Kier molecular flexibility index (Phi) is 5.24. The maximum Gasteiger partial charge on any atom is 0.238 e. The summed E-state index contributed by atoms with van der Waals surface area (Å²) in [4.78, 5) is 11.5. The molecule has 0 aromatic heterocycles. The van der Waals surface area contributed by atoms with Gasteiger partial charge in [0.25, 0.3) is 0 Å². The van der Waals surface area contributed by atoms with E-state index in [1.165, 1.54) is 0 Å². The molecule has 1 fully saturated rings. The summed E-state index contributed by atoms with van der Waals surface area (Å²) in [5.41, 5.74) is 0. The van der Waals surface area contributed by atoms with Gasteiger partial charge >= 0.3 is 0 Å². The molecule has 2 N–H and O–H groups in total. The van der Waals surface area contributed by atoms with Crippen molar-refractivity contribution in [3.05, 3.63) is 0 Å². The lowest BCUT2D eigenvalue weighted by molar-refractivity contribution is -0.128. The number of nitrogens with one attached hydrogen (secondary N) is 2. The summed E-state index contributed by atoms with van der Waals surface area (Å²) in [7, 11) is 3.09. The van der Waals surface area contributed by atoms with E-state index in [0.29, 0.717) is 6.54 Å². The van der Waals surface area contributed by atoms with Crippen molar-refractivity contribution in [1.29, 1.82) is 0 Å². The van der Waals surface area contributed by atoms with E-state index < -0.39 is 0 Å². The molecule has 0 aromatic rings. The van der Waals surface area contributed by atoms with E-state index in [4.69, 9.17) is 9.47 Å². The molecule has 6 heteroatoms. The van der Waals surface area contributed by atoms with Crippen molar-refractivity contribution in [2.45, 2.75) is 12.3 Å². The number of hydrogen-bond donors (Lipinski definition) is 2. The molecule has 0 aromatic carbocycles. The minimum atomic E-state index is -0.368. The van der Waals surface area contributed by atoms with E-state index in [2.05, 4.69) is 10.6 Å². The molecular weight excluding hydrogens is 204 g/mol. The van der Waals surface area contributed by atoms with Gasteiger partial charge in [0.2, 0.25) is 5.91 Å². The van der Waals surface area contributed by atoms with Crippen LogP contribution in [0.4, 0.5) is 0 Å². The predicted octanol–water partition coefficient (Wildman–Crippen LogP) is -0.616. The summed E-state index contributed by atoms with van der Waals surface area (Å²) in [6.45, 7) is 0.384. The Bertz CT molecular complexity index is 181. The minimum Gasteiger partial charge on any atom is -0.354 e. The van der Waals surface area contributed by atoms with Crippen molar-refractivity contribution < 1.29 is 14.3 Å². The molecule has 0 saturated carbocycles. The Labute approximate surface area is 87.9 Å². The van der Waals surface area contributed by atoms with Gasteiger partial charge in [-0.25, -0.2) is 0 Å². The Balaban J connectivity index is 2.19. The first kappa shape index (κ1) is 11.8. The molecule has 5 nitrogen and oxygen atoms in total. The zero-order valence-corrected chi connectivity index (χ0v) is 9.23. The number of rotatable bonds is 5. The second-order valence-electron chi connectivity index (χ2n) is 2.92. The smallest absolute Gasteiger partial charge is 0.238 e. The highest BCUT2D eigenvalue weighted by Gasteiger charge is 2.22. The third-order valence-electron chi connectivity index (χ3n) is 2.00. The summed E-state index contributed by atoms with van der Waals surface area (Å²) < 4.78 is 9.90. The highest BCUT2D eigenvalue weighted by molar-refractivity contribution is 7.99. The van der Waals surface area contributed by atoms with Gasteiger partial charge < -0.3 is 14.8 Å². The van der Waals surface area contributed by atoms with Crippen LogP contribution in [0.1, 0.15) is 0 Å². The summed E-state index contributed by atoms with van der Waals surface area (Å²) in [5, 5.41) is 5.85. The molecule has 0 spiro atoms. The van der Waals surface area contributed by atoms with Crippen LogP contribution in [0.25, 0.3) is 0 Å². The average Bonchev–Trinajstić information content (AvgIpc) is 2.72. The van der Waals surface area contributed by atoms with Crippen LogP contribution in [0.15, 0.2) is 0 Å². The van der Waals surface area contributed by atoms with Crippen molar-refractivity contribution in [3.8, 4) is 0 Å². The molecule has 1 heterocycles. The van der Waals surface area contributed by atoms with Crippen molar-refractivity contribution >= 4 is 17.7 Å². The lowest BCUT2D eigenvalue weighted by Crippen LogP contribution is -2.45. The quantitative estimate of drug-likeness (QED) is 0.605. The van der Waals surface area contributed by atoms with Gasteiger partial charge in [-0.2, -0.15) is 0 Å². The molecule has 0 radical (unpaired) electrons. The maximum absolute atomic E-state index is 11.5. The number of carbonyl (C=O) groups is 1. The number of ether oxygens (including phenoxy) is 2. The average molecular weight is 220 g/mol. The first-order chi connectivity index (χ1) is 6.77. The molecule has 82 valence electrons. The van der Waals surface area contributed by atoms with Gasteiger partial charge in [-0.05, 0) is 0 Å². The molecular formula is C8H16N2O3S. The molecule has 1 saturated heterocycles. The SMILES string of the molecule is COC(CNC(=O)C1CSCN1)OC. The van der Waals surface area contributed by atoms with Crippen LogP contribution in [0.3, 0.4) is 0 Å². The maximum atomic E-state index is 11.5. The van der Waals surface area contributed by atoms with Gasteiger partial charge in [-0.1, -0.05) is 0 Å². The monoisotopic (exact) mass is 220 g/mol. The summed E-state index contributed by atoms with van der Waals surface area (Å²) in [6.07, 6.45) is -0.368. The molecule has 1 rings (SSSR count). The minimum absolute atomic E-state index is 0.00843. The van der Waals surface area contributed by atoms with Gasteiger partial charge in [0.1, 0.15) is 0 Å². The lowest BCUT2D eigenvalue weighted by Gasteiger charge is -2.15. The van der Waals surface area contributed by atoms with Crippen LogP contribution in [0.2, 0.25) is 0 Å². The van der Waals surface area contributed by atoms with Gasteiger partial charge in [0.15, 0.2) is 6.29 Å². The molecule has 1 atom stereocenters. The van der Waals surface area contributed by atoms with Crippen LogP contribution in [0, 0.1) is 0 Å². The van der Waals surface area contributed by atoms with Crippen molar-refractivity contribution in [2.75, 3.05) is 32.4 Å². The number of hydrogen-bond acceptors (Lipinski definition) is 5. The Morgan fingerprint density at radius 2 is 2.36 bits per heavy atom. The number of carbonyl (C=O) groups excluding carboxylic acids is 1. The molecule has 14 heavy (non-hydrogen) atoms. The van der Waals surface area contributed by atoms with Crippen LogP contribution in [-0.2, 0) is 14.3 Å². The number of amides is 1. The zero-order valence-electron chi connectivity index (χ0n) is 8.41. The molecule has 0 bridgehead atoms. The van der Waals surface area contributed by atoms with Crippen LogP contribution < -0.4 is 10.6 Å². The number of methoxy groups -OCH3 is 2. The fraction of sp³-hybridized carbons (Fsp3) is 0.875. The first-order valence-corrected chi connectivity index (χ1v) is 5.58. The second kappa shape index (κ2) is 6.23. The molecule has 1 aliphatic heterocycles. The van der Waals surface area contributed by atoms with Crippen molar-refractivity contribution in [1.82, 2.24) is 10.6 Å². The van der Waals surface area contributed by atoms with Gasteiger partial charge in [0, 0.05) is 25.8 Å². The fourth-order valence-electron chi connectivity index (χ4n) is 1.13. The molecule has 1 aliphatic rings. The van der Waals surface area contributed by atoms with Crippen molar-refractivity contribution in [2.24, 2.45) is 0 Å². The van der Waals surface area contributed by atoms with Gasteiger partial charge in [-0.15, -0.1) is 11.8 Å². The van der Waals surface area contributed by atoms with Gasteiger partial charge in [0.05, 0.1) is 12.6 Å². The van der Waals surface area contributed by atoms with E-state index in [1.807, 2.05) is 0 Å². The summed E-state index contributed by atoms with van der Waals surface area (Å²) in [5.74, 6) is 1.68. The van der Waals surface area contributed by atoms with E-state index in [1.54, 1.807) is 26.0 Å². The first-order valence-electron chi connectivity index (χ1n) is 4.42. The standard InChI is InChI=1S/C8H16N2O3S/c1-12-7(13-2)3-9-8(11)6-4-14-5-10-6/h6-7,10H,3-5H2,1-2H3,(H,9,11). The van der Waals surface area contributed by atoms with E-state index in [9.17, 15) is 4.79 Å². The van der Waals surface area contributed by atoms with Gasteiger partial charge in [-0.3, -0.25) is 10.1 Å². The molecule has 0 aliphatic carbocycles. The third kappa shape index (κ3) is 3.45. The van der Waals surface area contributed by atoms with Crippen LogP contribution >= 0.6 is 11.8 Å². The van der Waals surface area contributed by atoms with E-state index >= 15 is 0 Å². The topological polar surface area (TPSA) is 59.6 Å². The second-order valence-corrected chi connectivity index (χ2v) is 3.95. The normalized spacial score (nSPS) is 21.5. The third-order valence-corrected chi connectivity index (χ3v) is 2.94. The fourth-order valence-corrected chi connectivity index (χ4v) is 2.08. The highest BCUT2D eigenvalue weighted by Crippen LogP contribution is 2.09. The molecule has 1 unspecified atom stereocenters. The van der Waals surface area contributed by atoms with E-state index in [0.717, 1.165) is 11.6 Å². The Morgan fingerprint density at radius 1 is 1.64 bits per heavy atom. The Morgan fingerprint density at radius 3 is 2.86 bits per heavy atom. The largest absolute Gasteiger partial charge is 0.354 e. The lowest BCUT2D eigenvalue weighted by atomic mass is 10.3. The van der Waals surface area contributed by atoms with Crippen LogP contribution in [0.5, 0.6) is 0 Å². The summed E-state index contributed by atoms with van der Waals surface area (Å²) in [6, 6.07) is -0.0747. The molecule has 1 amide bonds. The predicted molar refractivity (Wildman–Crippen MR) is 55.1 cm³/mol. The van der Waals surface area contributed by atoms with Crippen molar-refractivity contribution in [3.63, 3.8) is 0 Å². The Hall–Kier alpha value is -0.300. The zero-order chi connectivity index (χ0) is 10.4. The highest BCUT2D eigenvalue weighted by atomic mass is 32.2. The van der Waals surface area contributed by atoms with Crippen LogP contribution in [-0.4, -0.2) is 50.6 Å². The summed E-state index contributed by atoms with van der Waals surface area (Å²) >= 11 is 1.72. The van der Waals surface area contributed by atoms with E-state index in [-0.39, 0.29) is 18.2 Å².